The van der Waals surface area contributed by atoms with Crippen LogP contribution in [-0.4, -0.2) is 42.8 Å². The van der Waals surface area contributed by atoms with E-state index in [-0.39, 0.29) is 0 Å². The van der Waals surface area contributed by atoms with Crippen LogP contribution >= 0.6 is 0 Å². The quantitative estimate of drug-likeness (QED) is 0.594. The Morgan fingerprint density at radius 1 is 0.440 bits per heavy atom. The molecule has 0 atom stereocenters. The van der Waals surface area contributed by atoms with Crippen molar-refractivity contribution in [2.45, 2.75) is 0 Å². The van der Waals surface area contributed by atoms with E-state index in [4.69, 9.17) is 14.2 Å². The molecule has 0 saturated heterocycles. The average molecular weight is 436 g/mol. The Labute approximate surface area is 156 Å². The molecule has 0 aromatic heterocycles. The molecule has 0 heterocycles. The average Bonchev–Trinajstić information content (AvgIpc) is 2.70. The summed E-state index contributed by atoms with van der Waals surface area (Å²) >= 11 is -2.44. The second kappa shape index (κ2) is 8.34. The van der Waals surface area contributed by atoms with Gasteiger partial charge in [0.2, 0.25) is 0 Å². The van der Waals surface area contributed by atoms with Crippen molar-refractivity contribution in [3.63, 3.8) is 0 Å². The van der Waals surface area contributed by atoms with Gasteiger partial charge in [-0.3, -0.25) is 0 Å². The molecule has 3 rings (SSSR count). The van der Waals surface area contributed by atoms with Crippen LogP contribution in [0.4, 0.5) is 0 Å². The van der Waals surface area contributed by atoms with Crippen molar-refractivity contribution in [1.82, 2.24) is 0 Å². The van der Waals surface area contributed by atoms with Gasteiger partial charge in [0, 0.05) is 0 Å². The first-order valence-electron chi connectivity index (χ1n) is 8.17. The molecular weight excluding hydrogens is 415 g/mol. The van der Waals surface area contributed by atoms with Crippen LogP contribution in [0.15, 0.2) is 72.8 Å². The van der Waals surface area contributed by atoms with Crippen LogP contribution in [0.5, 0.6) is 17.2 Å². The van der Waals surface area contributed by atoms with Gasteiger partial charge in [0.1, 0.15) is 0 Å². The molecule has 0 bridgehead atoms. The number of methoxy groups -OCH3 is 3. The first kappa shape index (κ1) is 17.7. The number of rotatable bonds is 6. The zero-order valence-corrected chi connectivity index (χ0v) is 18.0. The molecule has 0 amide bonds. The molecule has 0 N–H and O–H groups in total. The van der Waals surface area contributed by atoms with Gasteiger partial charge in [0.25, 0.3) is 0 Å². The van der Waals surface area contributed by atoms with Gasteiger partial charge >= 0.3 is 157 Å². The van der Waals surface area contributed by atoms with Crippen LogP contribution in [0.3, 0.4) is 0 Å². The predicted molar refractivity (Wildman–Crippen MR) is 104 cm³/mol. The van der Waals surface area contributed by atoms with Crippen LogP contribution in [0.1, 0.15) is 0 Å². The van der Waals surface area contributed by atoms with Crippen LogP contribution in [0.25, 0.3) is 0 Å². The summed E-state index contributed by atoms with van der Waals surface area (Å²) in [5, 5.41) is 0. The maximum absolute atomic E-state index is 5.31. The zero-order valence-electron chi connectivity index (χ0n) is 14.7. The molecule has 0 aliphatic rings. The summed E-state index contributed by atoms with van der Waals surface area (Å²) in [7, 11) is 5.09. The molecule has 0 aliphatic heterocycles. The normalized spacial score (nSPS) is 10.2. The molecule has 4 heteroatoms. The molecule has 3 aromatic rings. The van der Waals surface area contributed by atoms with Crippen molar-refractivity contribution in [2.24, 2.45) is 0 Å². The zero-order chi connectivity index (χ0) is 17.6. The van der Waals surface area contributed by atoms with Crippen molar-refractivity contribution < 1.29 is 14.2 Å². The van der Waals surface area contributed by atoms with Gasteiger partial charge in [-0.2, -0.15) is 0 Å². The molecule has 3 aromatic carbocycles. The molecule has 0 aliphatic carbocycles. The molecule has 3 nitrogen and oxygen atoms in total. The second-order valence-corrected chi connectivity index (χ2v) is 13.9. The molecule has 0 saturated carbocycles. The summed E-state index contributed by atoms with van der Waals surface area (Å²) in [6, 6.07) is 25.5. The van der Waals surface area contributed by atoms with Crippen molar-refractivity contribution in [1.29, 1.82) is 0 Å². The third-order valence-electron chi connectivity index (χ3n) is 4.35. The standard InChI is InChI=1S/3C7H7O.In/c3*1-8-7-5-3-2-4-6-7;/h3*3-6H,1H3;. The van der Waals surface area contributed by atoms with Gasteiger partial charge < -0.3 is 0 Å². The van der Waals surface area contributed by atoms with Gasteiger partial charge in [-0.15, -0.1) is 0 Å². The van der Waals surface area contributed by atoms with Crippen LogP contribution in [0, 0.1) is 0 Å². The van der Waals surface area contributed by atoms with Crippen molar-refractivity contribution in [3.8, 4) is 17.2 Å². The molecule has 126 valence electrons. The van der Waals surface area contributed by atoms with E-state index in [1.165, 1.54) is 9.96 Å². The van der Waals surface area contributed by atoms with E-state index < -0.39 is 21.4 Å². The van der Waals surface area contributed by atoms with E-state index >= 15 is 0 Å². The van der Waals surface area contributed by atoms with E-state index in [0.29, 0.717) is 0 Å². The first-order chi connectivity index (χ1) is 12.2. The number of ether oxygens (including phenoxy) is 3. The van der Waals surface area contributed by atoms with E-state index in [2.05, 4.69) is 36.4 Å². The Kier molecular flexibility index (Phi) is 5.92. The maximum atomic E-state index is 5.31. The third kappa shape index (κ3) is 4.13. The van der Waals surface area contributed by atoms with Gasteiger partial charge in [0.05, 0.1) is 0 Å². The van der Waals surface area contributed by atoms with Crippen molar-refractivity contribution in [2.75, 3.05) is 21.3 Å². The van der Waals surface area contributed by atoms with Gasteiger partial charge in [-0.25, -0.2) is 0 Å². The second-order valence-electron chi connectivity index (χ2n) is 5.75. The minimum atomic E-state index is -2.44. The summed E-state index contributed by atoms with van der Waals surface area (Å²) in [5.41, 5.74) is 0. The fraction of sp³-hybridized carbons (Fsp3) is 0.143. The topological polar surface area (TPSA) is 27.7 Å². The Morgan fingerprint density at radius 2 is 0.680 bits per heavy atom. The summed E-state index contributed by atoms with van der Waals surface area (Å²) in [4.78, 5) is 0. The van der Waals surface area contributed by atoms with Crippen LogP contribution < -0.4 is 24.2 Å². The molecular formula is C21H21InO3. The molecule has 0 radical (unpaired) electrons. The monoisotopic (exact) mass is 436 g/mol. The minimum absolute atomic E-state index is 0.887. The Hall–Kier alpha value is -2.07. The summed E-state index contributed by atoms with van der Waals surface area (Å²) < 4.78 is 20.2. The number of hydrogen-bond acceptors (Lipinski definition) is 3. The molecule has 0 spiro atoms. The SMILES string of the molecule is COc1cc[c]([In]([c]2ccc(OC)cc2)[c]2ccc(OC)cc2)cc1. The number of hydrogen-bond donors (Lipinski definition) is 0. The van der Waals surface area contributed by atoms with Crippen LogP contribution in [-0.2, 0) is 0 Å². The van der Waals surface area contributed by atoms with E-state index in [1.54, 1.807) is 21.3 Å². The van der Waals surface area contributed by atoms with Crippen molar-refractivity contribution >= 4 is 31.4 Å². The molecule has 0 fully saturated rings. The van der Waals surface area contributed by atoms with E-state index in [9.17, 15) is 0 Å². The van der Waals surface area contributed by atoms with E-state index in [1.807, 2.05) is 36.4 Å². The Morgan fingerprint density at radius 3 is 0.880 bits per heavy atom. The summed E-state index contributed by atoms with van der Waals surface area (Å²) in [5.74, 6) is 2.66. The van der Waals surface area contributed by atoms with Gasteiger partial charge in [0.15, 0.2) is 0 Å². The Balaban J connectivity index is 2.04. The molecule has 0 unspecified atom stereocenters. The Bertz CT molecular complexity index is 683. The van der Waals surface area contributed by atoms with Crippen LogP contribution in [0.2, 0.25) is 0 Å². The van der Waals surface area contributed by atoms with E-state index in [0.717, 1.165) is 17.2 Å². The summed E-state index contributed by atoms with van der Waals surface area (Å²) in [6.45, 7) is 0. The van der Waals surface area contributed by atoms with Crippen molar-refractivity contribution in [3.05, 3.63) is 72.8 Å². The molecule has 25 heavy (non-hydrogen) atoms. The third-order valence-corrected chi connectivity index (χ3v) is 13.4. The predicted octanol–water partition coefficient (Wildman–Crippen LogP) is 2.23. The van der Waals surface area contributed by atoms with Gasteiger partial charge in [-0.05, 0) is 0 Å². The first-order valence-corrected chi connectivity index (χ1v) is 13.1. The fourth-order valence-corrected chi connectivity index (χ4v) is 11.2. The van der Waals surface area contributed by atoms with Gasteiger partial charge in [-0.1, -0.05) is 0 Å². The number of benzene rings is 3. The summed E-state index contributed by atoms with van der Waals surface area (Å²) in [6.07, 6.45) is 0. The fourth-order valence-electron chi connectivity index (χ4n) is 2.97.